The highest BCUT2D eigenvalue weighted by Crippen LogP contribution is 2.33. The summed E-state index contributed by atoms with van der Waals surface area (Å²) in [6.45, 7) is 1.02. The van der Waals surface area contributed by atoms with Crippen LogP contribution < -0.4 is 9.64 Å². The van der Waals surface area contributed by atoms with Crippen LogP contribution in [0.5, 0.6) is 5.75 Å². The lowest BCUT2D eigenvalue weighted by Gasteiger charge is -2.19. The van der Waals surface area contributed by atoms with Crippen molar-refractivity contribution < 1.29 is 9.53 Å². The van der Waals surface area contributed by atoms with Crippen LogP contribution in [0.1, 0.15) is 9.67 Å². The molecule has 3 aromatic heterocycles. The standard InChI is InChI=1S/C18H15ClN4O2S2/c1-25-12-3-4-13-15(11-12)27-18(21-13)23(10-9-22-8-2-7-20-22)17(24)14-5-6-16(19)26-14/h2-8,11H,9-10H2,1H3. The molecule has 138 valence electrons. The maximum atomic E-state index is 13.1. The van der Waals surface area contributed by atoms with Crippen molar-refractivity contribution in [3.63, 3.8) is 0 Å². The molecule has 0 N–H and O–H groups in total. The van der Waals surface area contributed by atoms with Crippen LogP contribution in [-0.4, -0.2) is 34.3 Å². The predicted molar refractivity (Wildman–Crippen MR) is 109 cm³/mol. The number of carbonyl (C=O) groups excluding carboxylic acids is 1. The van der Waals surface area contributed by atoms with E-state index in [9.17, 15) is 4.79 Å². The Morgan fingerprint density at radius 3 is 2.89 bits per heavy atom. The third kappa shape index (κ3) is 3.83. The number of ether oxygens (including phenoxy) is 1. The van der Waals surface area contributed by atoms with E-state index >= 15 is 0 Å². The highest BCUT2D eigenvalue weighted by molar-refractivity contribution is 7.22. The molecule has 0 bridgehead atoms. The second kappa shape index (κ2) is 7.67. The summed E-state index contributed by atoms with van der Waals surface area (Å²) in [7, 11) is 1.63. The van der Waals surface area contributed by atoms with Crippen molar-refractivity contribution in [2.24, 2.45) is 0 Å². The summed E-state index contributed by atoms with van der Waals surface area (Å²) in [5.74, 6) is 0.641. The summed E-state index contributed by atoms with van der Waals surface area (Å²) in [4.78, 5) is 20.0. The van der Waals surface area contributed by atoms with Crippen LogP contribution in [0.4, 0.5) is 5.13 Å². The largest absolute Gasteiger partial charge is 0.497 e. The summed E-state index contributed by atoms with van der Waals surface area (Å²) in [5.41, 5.74) is 0.830. The molecule has 1 aromatic carbocycles. The van der Waals surface area contributed by atoms with E-state index in [0.29, 0.717) is 27.4 Å². The number of halogens is 1. The van der Waals surface area contributed by atoms with Crippen LogP contribution in [0.15, 0.2) is 48.8 Å². The molecule has 27 heavy (non-hydrogen) atoms. The average Bonchev–Trinajstić information content (AvgIpc) is 3.41. The normalized spacial score (nSPS) is 11.0. The van der Waals surface area contributed by atoms with E-state index in [2.05, 4.69) is 10.1 Å². The second-order valence-electron chi connectivity index (χ2n) is 5.66. The third-order valence-electron chi connectivity index (χ3n) is 3.96. The third-order valence-corrected chi connectivity index (χ3v) is 6.22. The first-order valence-electron chi connectivity index (χ1n) is 8.13. The molecule has 0 saturated carbocycles. The van der Waals surface area contributed by atoms with Gasteiger partial charge in [-0.2, -0.15) is 5.10 Å². The number of aromatic nitrogens is 3. The zero-order valence-corrected chi connectivity index (χ0v) is 16.7. The van der Waals surface area contributed by atoms with Gasteiger partial charge in [-0.15, -0.1) is 11.3 Å². The Balaban J connectivity index is 1.68. The number of methoxy groups -OCH3 is 1. The highest BCUT2D eigenvalue weighted by Gasteiger charge is 2.23. The molecule has 0 fully saturated rings. The molecule has 4 aromatic rings. The van der Waals surface area contributed by atoms with Gasteiger partial charge >= 0.3 is 0 Å². The molecule has 0 aliphatic carbocycles. The molecule has 0 atom stereocenters. The first-order valence-corrected chi connectivity index (χ1v) is 10.1. The summed E-state index contributed by atoms with van der Waals surface area (Å²) in [6, 6.07) is 11.0. The number of benzene rings is 1. The first kappa shape index (κ1) is 18.0. The van der Waals surface area contributed by atoms with Crippen molar-refractivity contribution >= 4 is 55.5 Å². The maximum absolute atomic E-state index is 13.1. The SMILES string of the molecule is COc1ccc2nc(N(CCn3cccn3)C(=O)c3ccc(Cl)s3)sc2c1. The molecule has 0 saturated heterocycles. The van der Waals surface area contributed by atoms with Gasteiger partial charge in [-0.3, -0.25) is 14.4 Å². The van der Waals surface area contributed by atoms with Crippen LogP contribution in [0.2, 0.25) is 4.34 Å². The number of thiophene rings is 1. The number of anilines is 1. The zero-order valence-electron chi connectivity index (χ0n) is 14.3. The Kier molecular flexibility index (Phi) is 5.11. The minimum atomic E-state index is -0.120. The fraction of sp³-hybridized carbons (Fsp3) is 0.167. The molecule has 0 unspecified atom stereocenters. The molecule has 4 rings (SSSR count). The van der Waals surface area contributed by atoms with Crippen LogP contribution in [0.3, 0.4) is 0 Å². The number of thiazole rings is 1. The Labute approximate surface area is 168 Å². The van der Waals surface area contributed by atoms with Gasteiger partial charge in [-0.25, -0.2) is 4.98 Å². The number of hydrogen-bond acceptors (Lipinski definition) is 6. The Bertz CT molecular complexity index is 1070. The van der Waals surface area contributed by atoms with Gasteiger partial charge in [0.25, 0.3) is 5.91 Å². The van der Waals surface area contributed by atoms with E-state index in [4.69, 9.17) is 16.3 Å². The van der Waals surface area contributed by atoms with Gasteiger partial charge in [-0.05, 0) is 36.4 Å². The second-order valence-corrected chi connectivity index (χ2v) is 8.38. The molecular formula is C18H15ClN4O2S2. The quantitative estimate of drug-likeness (QED) is 0.460. The van der Waals surface area contributed by atoms with Gasteiger partial charge < -0.3 is 4.74 Å². The number of amides is 1. The van der Waals surface area contributed by atoms with Gasteiger partial charge in [0.05, 0.1) is 33.1 Å². The summed E-state index contributed by atoms with van der Waals surface area (Å²) >= 11 is 8.74. The summed E-state index contributed by atoms with van der Waals surface area (Å²) in [6.07, 6.45) is 3.59. The van der Waals surface area contributed by atoms with Crippen LogP contribution in [0.25, 0.3) is 10.2 Å². The number of hydrogen-bond donors (Lipinski definition) is 0. The van der Waals surface area contributed by atoms with E-state index in [-0.39, 0.29) is 5.91 Å². The first-order chi connectivity index (χ1) is 13.1. The van der Waals surface area contributed by atoms with E-state index in [1.165, 1.54) is 22.7 Å². The maximum Gasteiger partial charge on any atom is 0.270 e. The van der Waals surface area contributed by atoms with Gasteiger partial charge in [0, 0.05) is 18.9 Å². The van der Waals surface area contributed by atoms with E-state index in [0.717, 1.165) is 16.0 Å². The molecule has 6 nitrogen and oxygen atoms in total. The highest BCUT2D eigenvalue weighted by atomic mass is 35.5. The van der Waals surface area contributed by atoms with E-state index < -0.39 is 0 Å². The molecule has 3 heterocycles. The van der Waals surface area contributed by atoms with Crippen molar-refractivity contribution in [2.75, 3.05) is 18.6 Å². The average molecular weight is 419 g/mol. The molecule has 0 spiro atoms. The van der Waals surface area contributed by atoms with Crippen molar-refractivity contribution in [2.45, 2.75) is 6.54 Å². The number of fused-ring (bicyclic) bond motifs is 1. The van der Waals surface area contributed by atoms with Crippen LogP contribution in [-0.2, 0) is 6.54 Å². The minimum Gasteiger partial charge on any atom is -0.497 e. The summed E-state index contributed by atoms with van der Waals surface area (Å²) in [5, 5.41) is 4.85. The zero-order chi connectivity index (χ0) is 18.8. The smallest absolute Gasteiger partial charge is 0.270 e. The van der Waals surface area contributed by atoms with Crippen LogP contribution >= 0.6 is 34.3 Å². The van der Waals surface area contributed by atoms with Crippen molar-refractivity contribution in [1.29, 1.82) is 0 Å². The van der Waals surface area contributed by atoms with E-state index in [1.807, 2.05) is 30.5 Å². The fourth-order valence-electron chi connectivity index (χ4n) is 2.62. The van der Waals surface area contributed by atoms with Gasteiger partial charge in [-0.1, -0.05) is 22.9 Å². The fourth-order valence-corrected chi connectivity index (χ4v) is 4.63. The van der Waals surface area contributed by atoms with E-state index in [1.54, 1.807) is 35.0 Å². The Morgan fingerprint density at radius 2 is 2.19 bits per heavy atom. The Hall–Kier alpha value is -2.42. The topological polar surface area (TPSA) is 60.2 Å². The number of nitrogens with zero attached hydrogens (tertiary/aromatic N) is 4. The molecule has 0 aliphatic heterocycles. The summed E-state index contributed by atoms with van der Waals surface area (Å²) < 4.78 is 8.62. The van der Waals surface area contributed by atoms with Crippen molar-refractivity contribution in [1.82, 2.24) is 14.8 Å². The molecule has 9 heteroatoms. The lowest BCUT2D eigenvalue weighted by molar-refractivity contribution is 0.0989. The van der Waals surface area contributed by atoms with Gasteiger partial charge in [0.2, 0.25) is 0 Å². The molecule has 0 radical (unpaired) electrons. The lowest BCUT2D eigenvalue weighted by Crippen LogP contribution is -2.33. The monoisotopic (exact) mass is 418 g/mol. The van der Waals surface area contributed by atoms with Crippen molar-refractivity contribution in [3.8, 4) is 5.75 Å². The number of rotatable bonds is 6. The molecule has 1 amide bonds. The van der Waals surface area contributed by atoms with Crippen molar-refractivity contribution in [3.05, 3.63) is 58.0 Å². The van der Waals surface area contributed by atoms with Crippen LogP contribution in [0, 0.1) is 0 Å². The molecular weight excluding hydrogens is 404 g/mol. The lowest BCUT2D eigenvalue weighted by atomic mass is 10.3. The minimum absolute atomic E-state index is 0.120. The number of carbonyl (C=O) groups is 1. The van der Waals surface area contributed by atoms with Gasteiger partial charge in [0.15, 0.2) is 5.13 Å². The predicted octanol–water partition coefficient (Wildman–Crippen LogP) is 4.56. The molecule has 0 aliphatic rings. The Morgan fingerprint density at radius 1 is 1.30 bits per heavy atom. The van der Waals surface area contributed by atoms with Gasteiger partial charge in [0.1, 0.15) is 5.75 Å².